The van der Waals surface area contributed by atoms with E-state index in [-0.39, 0.29) is 0 Å². The quantitative estimate of drug-likeness (QED) is 0.776. The molecule has 0 unspecified atom stereocenters. The smallest absolute Gasteiger partial charge is 0.123 e. The zero-order chi connectivity index (χ0) is 14.2. The topological polar surface area (TPSA) is 58.2 Å². The van der Waals surface area contributed by atoms with Crippen LogP contribution in [0.3, 0.4) is 0 Å². The van der Waals surface area contributed by atoms with Gasteiger partial charge in [0.15, 0.2) is 0 Å². The highest BCUT2D eigenvalue weighted by molar-refractivity contribution is 5.48. The van der Waals surface area contributed by atoms with Gasteiger partial charge < -0.3 is 14.5 Å². The lowest BCUT2D eigenvalue weighted by Gasteiger charge is -2.08. The minimum Gasteiger partial charge on any atom is -0.493 e. The first-order valence-electron chi connectivity index (χ1n) is 6.67. The number of hydrogen-bond donors (Lipinski definition) is 1. The summed E-state index contributed by atoms with van der Waals surface area (Å²) in [5.41, 5.74) is 0.983. The lowest BCUT2D eigenvalue weighted by molar-refractivity contribution is 0.313. The summed E-state index contributed by atoms with van der Waals surface area (Å²) in [6.07, 6.45) is 1.27. The fourth-order valence-corrected chi connectivity index (χ4v) is 1.81. The SMILES string of the molecule is Cc1ccc(CNc2cccc(OCCCC#N)c2)o1. The van der Waals surface area contributed by atoms with Gasteiger partial charge >= 0.3 is 0 Å². The summed E-state index contributed by atoms with van der Waals surface area (Å²) in [7, 11) is 0. The normalized spacial score (nSPS) is 10.0. The van der Waals surface area contributed by atoms with Crippen molar-refractivity contribution in [3.63, 3.8) is 0 Å². The van der Waals surface area contributed by atoms with E-state index >= 15 is 0 Å². The number of unbranched alkanes of at least 4 members (excludes halogenated alkanes) is 1. The standard InChI is InChI=1S/C16H18N2O2/c1-13-7-8-16(20-13)12-18-14-5-4-6-15(11-14)19-10-3-2-9-17/h4-8,11,18H,2-3,10,12H2,1H3. The molecule has 1 aromatic heterocycles. The Hall–Kier alpha value is -2.41. The average molecular weight is 270 g/mol. The van der Waals surface area contributed by atoms with Crippen LogP contribution in [-0.2, 0) is 6.54 Å². The Labute approximate surface area is 119 Å². The van der Waals surface area contributed by atoms with Crippen molar-refractivity contribution in [3.05, 3.63) is 47.9 Å². The van der Waals surface area contributed by atoms with E-state index in [2.05, 4.69) is 11.4 Å². The molecule has 2 aromatic rings. The van der Waals surface area contributed by atoms with Crippen LogP contribution in [0.25, 0.3) is 0 Å². The summed E-state index contributed by atoms with van der Waals surface area (Å²) in [6, 6.07) is 13.8. The van der Waals surface area contributed by atoms with Crippen molar-refractivity contribution in [1.82, 2.24) is 0 Å². The van der Waals surface area contributed by atoms with Crippen LogP contribution in [0.15, 0.2) is 40.8 Å². The molecule has 0 fully saturated rings. The number of nitriles is 1. The molecule has 2 rings (SSSR count). The summed E-state index contributed by atoms with van der Waals surface area (Å²) in [5.74, 6) is 2.63. The largest absolute Gasteiger partial charge is 0.493 e. The molecule has 0 bridgehead atoms. The maximum absolute atomic E-state index is 8.46. The average Bonchev–Trinajstić information content (AvgIpc) is 2.88. The van der Waals surface area contributed by atoms with E-state index in [1.807, 2.05) is 43.3 Å². The minimum atomic E-state index is 0.524. The Morgan fingerprint density at radius 3 is 2.95 bits per heavy atom. The van der Waals surface area contributed by atoms with Crippen LogP contribution in [0.4, 0.5) is 5.69 Å². The van der Waals surface area contributed by atoms with Gasteiger partial charge in [0.25, 0.3) is 0 Å². The molecule has 0 spiro atoms. The van der Waals surface area contributed by atoms with Crippen molar-refractivity contribution in [2.45, 2.75) is 26.3 Å². The highest BCUT2D eigenvalue weighted by Gasteiger charge is 2.00. The molecule has 4 heteroatoms. The van der Waals surface area contributed by atoms with E-state index in [1.165, 1.54) is 0 Å². The summed E-state index contributed by atoms with van der Waals surface area (Å²) in [6.45, 7) is 3.14. The molecule has 0 amide bonds. The van der Waals surface area contributed by atoms with Crippen LogP contribution >= 0.6 is 0 Å². The molecule has 1 N–H and O–H groups in total. The third kappa shape index (κ3) is 4.36. The molecule has 4 nitrogen and oxygen atoms in total. The Morgan fingerprint density at radius 2 is 2.20 bits per heavy atom. The van der Waals surface area contributed by atoms with Gasteiger partial charge in [0, 0.05) is 18.2 Å². The summed E-state index contributed by atoms with van der Waals surface area (Å²) >= 11 is 0. The molecule has 0 aliphatic carbocycles. The third-order valence-corrected chi connectivity index (χ3v) is 2.80. The number of furan rings is 1. The van der Waals surface area contributed by atoms with Gasteiger partial charge in [0.05, 0.1) is 19.2 Å². The minimum absolute atomic E-state index is 0.524. The number of nitrogens with zero attached hydrogens (tertiary/aromatic N) is 1. The number of benzene rings is 1. The summed E-state index contributed by atoms with van der Waals surface area (Å²) in [5, 5.41) is 11.8. The maximum atomic E-state index is 8.46. The van der Waals surface area contributed by atoms with Crippen molar-refractivity contribution >= 4 is 5.69 Å². The van der Waals surface area contributed by atoms with Gasteiger partial charge in [-0.25, -0.2) is 0 Å². The Morgan fingerprint density at radius 1 is 1.30 bits per heavy atom. The van der Waals surface area contributed by atoms with Gasteiger partial charge in [-0.1, -0.05) is 6.07 Å². The summed E-state index contributed by atoms with van der Waals surface area (Å²) in [4.78, 5) is 0. The fraction of sp³-hybridized carbons (Fsp3) is 0.312. The predicted molar refractivity (Wildman–Crippen MR) is 77.6 cm³/mol. The van der Waals surface area contributed by atoms with Crippen molar-refractivity contribution < 1.29 is 9.15 Å². The molecule has 0 aliphatic rings. The molecule has 0 aliphatic heterocycles. The molecular formula is C16H18N2O2. The van der Waals surface area contributed by atoms with Gasteiger partial charge in [0.2, 0.25) is 0 Å². The molecule has 0 radical (unpaired) electrons. The second-order valence-corrected chi connectivity index (χ2v) is 4.50. The first-order valence-corrected chi connectivity index (χ1v) is 6.67. The van der Waals surface area contributed by atoms with Gasteiger partial charge in [0.1, 0.15) is 17.3 Å². The molecule has 0 saturated heterocycles. The van der Waals surface area contributed by atoms with E-state index in [4.69, 9.17) is 14.4 Å². The Balaban J connectivity index is 1.84. The molecule has 1 aromatic carbocycles. The van der Waals surface area contributed by atoms with Crippen LogP contribution in [0.1, 0.15) is 24.4 Å². The van der Waals surface area contributed by atoms with Gasteiger partial charge in [-0.2, -0.15) is 5.26 Å². The van der Waals surface area contributed by atoms with Crippen molar-refractivity contribution in [3.8, 4) is 11.8 Å². The number of anilines is 1. The monoisotopic (exact) mass is 270 g/mol. The van der Waals surface area contributed by atoms with Gasteiger partial charge in [-0.05, 0) is 37.6 Å². The van der Waals surface area contributed by atoms with Crippen LogP contribution in [0.5, 0.6) is 5.75 Å². The van der Waals surface area contributed by atoms with Crippen molar-refractivity contribution in [2.24, 2.45) is 0 Å². The van der Waals surface area contributed by atoms with E-state index in [0.29, 0.717) is 19.6 Å². The maximum Gasteiger partial charge on any atom is 0.123 e. The zero-order valence-corrected chi connectivity index (χ0v) is 11.6. The highest BCUT2D eigenvalue weighted by Crippen LogP contribution is 2.18. The second-order valence-electron chi connectivity index (χ2n) is 4.50. The van der Waals surface area contributed by atoms with E-state index in [0.717, 1.165) is 29.4 Å². The molecule has 104 valence electrons. The number of hydrogen-bond acceptors (Lipinski definition) is 4. The van der Waals surface area contributed by atoms with E-state index in [9.17, 15) is 0 Å². The van der Waals surface area contributed by atoms with Crippen LogP contribution < -0.4 is 10.1 Å². The number of ether oxygens (including phenoxy) is 1. The van der Waals surface area contributed by atoms with Crippen molar-refractivity contribution in [1.29, 1.82) is 5.26 Å². The number of aryl methyl sites for hydroxylation is 1. The molecule has 1 heterocycles. The van der Waals surface area contributed by atoms with Crippen LogP contribution in [0.2, 0.25) is 0 Å². The van der Waals surface area contributed by atoms with Crippen molar-refractivity contribution in [2.75, 3.05) is 11.9 Å². The molecular weight excluding hydrogens is 252 g/mol. The molecule has 0 atom stereocenters. The number of nitrogens with one attached hydrogen (secondary N) is 1. The second kappa shape index (κ2) is 7.25. The summed E-state index contributed by atoms with van der Waals surface area (Å²) < 4.78 is 11.1. The third-order valence-electron chi connectivity index (χ3n) is 2.80. The zero-order valence-electron chi connectivity index (χ0n) is 11.6. The van der Waals surface area contributed by atoms with Gasteiger partial charge in [-0.3, -0.25) is 0 Å². The molecule has 0 saturated carbocycles. The highest BCUT2D eigenvalue weighted by atomic mass is 16.5. The van der Waals surface area contributed by atoms with Crippen LogP contribution in [-0.4, -0.2) is 6.61 Å². The van der Waals surface area contributed by atoms with Gasteiger partial charge in [-0.15, -0.1) is 0 Å². The lowest BCUT2D eigenvalue weighted by Crippen LogP contribution is -2.00. The lowest BCUT2D eigenvalue weighted by atomic mass is 10.3. The number of rotatable bonds is 7. The Kier molecular flexibility index (Phi) is 5.08. The van der Waals surface area contributed by atoms with E-state index in [1.54, 1.807) is 0 Å². The van der Waals surface area contributed by atoms with Crippen LogP contribution in [0, 0.1) is 18.3 Å². The Bertz CT molecular complexity index is 584. The van der Waals surface area contributed by atoms with E-state index < -0.39 is 0 Å². The fourth-order valence-electron chi connectivity index (χ4n) is 1.81. The molecule has 20 heavy (non-hydrogen) atoms. The first kappa shape index (κ1) is 14.0. The first-order chi connectivity index (χ1) is 9.78. The predicted octanol–water partition coefficient (Wildman–Crippen LogP) is 3.88.